The lowest BCUT2D eigenvalue weighted by Gasteiger charge is -2.07. The van der Waals surface area contributed by atoms with Crippen molar-refractivity contribution in [2.45, 2.75) is 25.7 Å². The van der Waals surface area contributed by atoms with Gasteiger partial charge in [0.05, 0.1) is 10.6 Å². The Morgan fingerprint density at radius 1 is 1.16 bits per heavy atom. The number of benzene rings is 1. The van der Waals surface area contributed by atoms with Gasteiger partial charge in [-0.25, -0.2) is 8.78 Å². The Balaban J connectivity index is 2.43. The minimum absolute atomic E-state index is 0.0732. The maximum Gasteiger partial charge on any atom is 0.252 e. The molecule has 0 spiro atoms. The number of unbranched alkanes of at least 4 members (excludes halogenated alkanes) is 3. The van der Waals surface area contributed by atoms with Gasteiger partial charge in [-0.1, -0.05) is 24.4 Å². The summed E-state index contributed by atoms with van der Waals surface area (Å²) in [6.45, 7) is 0.594. The van der Waals surface area contributed by atoms with Crippen LogP contribution in [0.5, 0.6) is 0 Å². The number of aliphatic hydroxyl groups excluding tert-OH is 1. The van der Waals surface area contributed by atoms with Gasteiger partial charge in [-0.15, -0.1) is 0 Å². The van der Waals surface area contributed by atoms with E-state index >= 15 is 0 Å². The van der Waals surface area contributed by atoms with E-state index in [1.54, 1.807) is 0 Å². The van der Waals surface area contributed by atoms with Gasteiger partial charge in [0.1, 0.15) is 0 Å². The van der Waals surface area contributed by atoms with Crippen molar-refractivity contribution >= 4 is 17.5 Å². The van der Waals surface area contributed by atoms with E-state index in [9.17, 15) is 13.6 Å². The van der Waals surface area contributed by atoms with E-state index in [2.05, 4.69) is 5.32 Å². The third-order valence-electron chi connectivity index (χ3n) is 2.63. The average Bonchev–Trinajstić information content (AvgIpc) is 2.37. The van der Waals surface area contributed by atoms with E-state index in [0.717, 1.165) is 37.8 Å². The first-order valence-electron chi connectivity index (χ1n) is 6.10. The molecule has 0 fully saturated rings. The molecule has 0 aliphatic rings. The molecule has 0 saturated carbocycles. The van der Waals surface area contributed by atoms with Gasteiger partial charge in [-0.2, -0.15) is 0 Å². The zero-order valence-corrected chi connectivity index (χ0v) is 11.1. The van der Waals surface area contributed by atoms with Crippen molar-refractivity contribution in [1.82, 2.24) is 5.32 Å². The van der Waals surface area contributed by atoms with Crippen LogP contribution in [0.4, 0.5) is 8.78 Å². The second-order valence-electron chi connectivity index (χ2n) is 4.14. The molecule has 0 saturated heterocycles. The van der Waals surface area contributed by atoms with Gasteiger partial charge in [-0.3, -0.25) is 4.79 Å². The van der Waals surface area contributed by atoms with Crippen LogP contribution in [0.3, 0.4) is 0 Å². The summed E-state index contributed by atoms with van der Waals surface area (Å²) < 4.78 is 25.8. The molecule has 1 rings (SSSR count). The summed E-state index contributed by atoms with van der Waals surface area (Å²) in [4.78, 5) is 11.7. The number of nitrogens with one attached hydrogen (secondary N) is 1. The van der Waals surface area contributed by atoms with Crippen LogP contribution >= 0.6 is 11.6 Å². The zero-order valence-electron chi connectivity index (χ0n) is 10.4. The number of rotatable bonds is 7. The monoisotopic (exact) mass is 291 g/mol. The molecule has 106 valence electrons. The van der Waals surface area contributed by atoms with Crippen LogP contribution < -0.4 is 5.32 Å². The highest BCUT2D eigenvalue weighted by Crippen LogP contribution is 2.19. The standard InChI is InChI=1S/C13H16ClF2NO2/c14-10-8-12(16)11(15)7-9(10)13(19)17-5-3-1-2-4-6-18/h7-8,18H,1-6H2,(H,17,19). The molecule has 1 aromatic rings. The van der Waals surface area contributed by atoms with Gasteiger partial charge in [0.25, 0.3) is 5.91 Å². The largest absolute Gasteiger partial charge is 0.396 e. The summed E-state index contributed by atoms with van der Waals surface area (Å²) >= 11 is 5.68. The van der Waals surface area contributed by atoms with Crippen LogP contribution in [-0.2, 0) is 0 Å². The third kappa shape index (κ3) is 5.12. The first-order chi connectivity index (χ1) is 9.06. The maximum atomic E-state index is 13.0. The van der Waals surface area contributed by atoms with Crippen molar-refractivity contribution in [2.75, 3.05) is 13.2 Å². The van der Waals surface area contributed by atoms with Crippen LogP contribution in [0, 0.1) is 11.6 Å². The fourth-order valence-electron chi connectivity index (χ4n) is 1.58. The molecule has 0 atom stereocenters. The molecule has 1 amide bonds. The number of carbonyl (C=O) groups is 1. The molecular weight excluding hydrogens is 276 g/mol. The first-order valence-corrected chi connectivity index (χ1v) is 6.47. The van der Waals surface area contributed by atoms with Crippen molar-refractivity contribution in [3.05, 3.63) is 34.4 Å². The molecule has 0 bridgehead atoms. The summed E-state index contributed by atoms with van der Waals surface area (Å²) in [7, 11) is 0. The number of carbonyl (C=O) groups excluding carboxylic acids is 1. The van der Waals surface area contributed by atoms with Crippen molar-refractivity contribution < 1.29 is 18.7 Å². The molecule has 6 heteroatoms. The molecular formula is C13H16ClF2NO2. The average molecular weight is 292 g/mol. The lowest BCUT2D eigenvalue weighted by molar-refractivity contribution is 0.0952. The zero-order chi connectivity index (χ0) is 14.3. The second kappa shape index (κ2) is 8.07. The molecule has 0 unspecified atom stereocenters. The Hall–Kier alpha value is -1.20. The lowest BCUT2D eigenvalue weighted by Crippen LogP contribution is -2.25. The van der Waals surface area contributed by atoms with Gasteiger partial charge < -0.3 is 10.4 Å². The van der Waals surface area contributed by atoms with Crippen LogP contribution in [0.15, 0.2) is 12.1 Å². The van der Waals surface area contributed by atoms with Gasteiger partial charge >= 0.3 is 0 Å². The Bertz CT molecular complexity index is 441. The number of hydrogen-bond acceptors (Lipinski definition) is 2. The summed E-state index contributed by atoms with van der Waals surface area (Å²) in [5.74, 6) is -2.70. The number of halogens is 3. The van der Waals surface area contributed by atoms with Gasteiger partial charge in [0.15, 0.2) is 11.6 Å². The summed E-state index contributed by atoms with van der Waals surface area (Å²) in [6.07, 6.45) is 3.26. The Morgan fingerprint density at radius 3 is 2.47 bits per heavy atom. The van der Waals surface area contributed by atoms with Crippen LogP contribution in [-0.4, -0.2) is 24.2 Å². The van der Waals surface area contributed by atoms with Crippen LogP contribution in [0.1, 0.15) is 36.0 Å². The molecule has 2 N–H and O–H groups in total. The quantitative estimate of drug-likeness (QED) is 0.599. The molecule has 3 nitrogen and oxygen atoms in total. The number of amides is 1. The van der Waals surface area contributed by atoms with Gasteiger partial charge in [-0.05, 0) is 25.0 Å². The predicted molar refractivity (Wildman–Crippen MR) is 69.3 cm³/mol. The van der Waals surface area contributed by atoms with Crippen LogP contribution in [0.2, 0.25) is 5.02 Å². The van der Waals surface area contributed by atoms with Crippen LogP contribution in [0.25, 0.3) is 0 Å². The molecule has 1 aromatic carbocycles. The minimum atomic E-state index is -1.10. The number of aliphatic hydroxyl groups is 1. The topological polar surface area (TPSA) is 49.3 Å². The SMILES string of the molecule is O=C(NCCCCCCO)c1cc(F)c(F)cc1Cl. The minimum Gasteiger partial charge on any atom is -0.396 e. The van der Waals surface area contributed by atoms with E-state index < -0.39 is 17.5 Å². The van der Waals surface area contributed by atoms with Gasteiger partial charge in [0.2, 0.25) is 0 Å². The predicted octanol–water partition coefficient (Wildman–Crippen LogP) is 2.90. The maximum absolute atomic E-state index is 13.0. The van der Waals surface area contributed by atoms with E-state index in [1.807, 2.05) is 0 Å². The molecule has 0 aliphatic heterocycles. The fraction of sp³-hybridized carbons (Fsp3) is 0.462. The molecule has 19 heavy (non-hydrogen) atoms. The van der Waals surface area contributed by atoms with E-state index in [0.29, 0.717) is 6.54 Å². The van der Waals surface area contributed by atoms with Crippen molar-refractivity contribution in [3.8, 4) is 0 Å². The Kier molecular flexibility index (Phi) is 6.73. The first kappa shape index (κ1) is 15.9. The summed E-state index contributed by atoms with van der Waals surface area (Å²) in [5, 5.41) is 11.1. The van der Waals surface area contributed by atoms with E-state index in [4.69, 9.17) is 16.7 Å². The molecule has 0 radical (unpaired) electrons. The second-order valence-corrected chi connectivity index (χ2v) is 4.55. The normalized spacial score (nSPS) is 10.5. The summed E-state index contributed by atoms with van der Waals surface area (Å²) in [6, 6.07) is 1.58. The van der Waals surface area contributed by atoms with Crippen molar-refractivity contribution in [1.29, 1.82) is 0 Å². The Morgan fingerprint density at radius 2 is 1.79 bits per heavy atom. The van der Waals surface area contributed by atoms with E-state index in [-0.39, 0.29) is 17.2 Å². The fourth-order valence-corrected chi connectivity index (χ4v) is 1.82. The smallest absolute Gasteiger partial charge is 0.252 e. The summed E-state index contributed by atoms with van der Waals surface area (Å²) in [5.41, 5.74) is -0.0732. The highest BCUT2D eigenvalue weighted by atomic mass is 35.5. The van der Waals surface area contributed by atoms with Gasteiger partial charge in [0, 0.05) is 13.2 Å². The number of hydrogen-bond donors (Lipinski definition) is 2. The molecule has 0 aliphatic carbocycles. The Labute approximate surface area is 115 Å². The van der Waals surface area contributed by atoms with Crippen molar-refractivity contribution in [3.63, 3.8) is 0 Å². The third-order valence-corrected chi connectivity index (χ3v) is 2.94. The highest BCUT2D eigenvalue weighted by molar-refractivity contribution is 6.33. The van der Waals surface area contributed by atoms with E-state index in [1.165, 1.54) is 0 Å². The van der Waals surface area contributed by atoms with Crippen molar-refractivity contribution in [2.24, 2.45) is 0 Å². The lowest BCUT2D eigenvalue weighted by atomic mass is 10.1. The molecule has 0 heterocycles. The highest BCUT2D eigenvalue weighted by Gasteiger charge is 2.14. The molecule has 0 aromatic heterocycles.